The number of aliphatic carboxylic acids is 1. The molecule has 1 unspecified atom stereocenters. The summed E-state index contributed by atoms with van der Waals surface area (Å²) in [6, 6.07) is 10.0. The number of benzene rings is 1. The average Bonchev–Trinajstić information content (AvgIpc) is 2.29. The van der Waals surface area contributed by atoms with Gasteiger partial charge in [0.25, 0.3) is 0 Å². The first-order valence-electron chi connectivity index (χ1n) is 5.67. The lowest BCUT2D eigenvalue weighted by Crippen LogP contribution is -2.22. The zero-order valence-electron chi connectivity index (χ0n) is 10.2. The molecule has 1 aromatic carbocycles. The molecule has 2 nitrogen and oxygen atoms in total. The number of rotatable bonds is 6. The normalized spacial score (nSPS) is 13.1. The zero-order valence-corrected chi connectivity index (χ0v) is 11.0. The fraction of sp³-hybridized carbons (Fsp3) is 0.357. The van der Waals surface area contributed by atoms with Crippen molar-refractivity contribution in [2.24, 2.45) is 5.92 Å². The van der Waals surface area contributed by atoms with E-state index in [9.17, 15) is 4.79 Å². The van der Waals surface area contributed by atoms with E-state index in [0.717, 1.165) is 11.3 Å². The van der Waals surface area contributed by atoms with Crippen LogP contribution in [-0.2, 0) is 4.79 Å². The summed E-state index contributed by atoms with van der Waals surface area (Å²) < 4.78 is 0. The van der Waals surface area contributed by atoms with Crippen molar-refractivity contribution in [1.82, 2.24) is 0 Å². The SMILES string of the molecule is CC(C)C(SC/C=C/c1ccccc1)C(=O)O. The molecule has 1 N–H and O–H groups in total. The molecule has 1 rings (SSSR count). The van der Waals surface area contributed by atoms with Gasteiger partial charge in [-0.3, -0.25) is 4.79 Å². The third-order valence-electron chi connectivity index (χ3n) is 2.33. The second-order valence-corrected chi connectivity index (χ2v) is 5.32. The van der Waals surface area contributed by atoms with Crippen molar-refractivity contribution in [3.05, 3.63) is 42.0 Å². The van der Waals surface area contributed by atoms with Crippen LogP contribution in [0.2, 0.25) is 0 Å². The molecule has 1 aromatic rings. The van der Waals surface area contributed by atoms with E-state index in [1.165, 1.54) is 11.8 Å². The molecule has 0 aliphatic carbocycles. The van der Waals surface area contributed by atoms with Crippen LogP contribution in [0.5, 0.6) is 0 Å². The predicted molar refractivity (Wildman–Crippen MR) is 74.2 cm³/mol. The van der Waals surface area contributed by atoms with Crippen molar-refractivity contribution in [2.75, 3.05) is 5.75 Å². The number of hydrogen-bond donors (Lipinski definition) is 1. The predicted octanol–water partition coefficient (Wildman–Crippen LogP) is 3.54. The molecule has 17 heavy (non-hydrogen) atoms. The maximum atomic E-state index is 11.0. The van der Waals surface area contributed by atoms with Gasteiger partial charge in [-0.15, -0.1) is 11.8 Å². The first kappa shape index (κ1) is 13.8. The highest BCUT2D eigenvalue weighted by atomic mass is 32.2. The van der Waals surface area contributed by atoms with E-state index < -0.39 is 5.97 Å². The molecule has 0 radical (unpaired) electrons. The molecule has 0 fully saturated rings. The third-order valence-corrected chi connectivity index (χ3v) is 3.82. The van der Waals surface area contributed by atoms with Gasteiger partial charge < -0.3 is 5.11 Å². The van der Waals surface area contributed by atoms with Crippen molar-refractivity contribution in [3.8, 4) is 0 Å². The molecule has 0 spiro atoms. The minimum atomic E-state index is -0.724. The summed E-state index contributed by atoms with van der Waals surface area (Å²) in [4.78, 5) is 11.0. The fourth-order valence-corrected chi connectivity index (χ4v) is 2.40. The van der Waals surface area contributed by atoms with Crippen molar-refractivity contribution in [3.63, 3.8) is 0 Å². The van der Waals surface area contributed by atoms with Crippen LogP contribution in [0.3, 0.4) is 0 Å². The van der Waals surface area contributed by atoms with Crippen molar-refractivity contribution >= 4 is 23.8 Å². The number of carboxylic acids is 1. The summed E-state index contributed by atoms with van der Waals surface area (Å²) in [5, 5.41) is 8.69. The summed E-state index contributed by atoms with van der Waals surface area (Å²) >= 11 is 1.47. The van der Waals surface area contributed by atoms with Crippen LogP contribution in [0.15, 0.2) is 36.4 Å². The quantitative estimate of drug-likeness (QED) is 0.839. The minimum absolute atomic E-state index is 0.155. The monoisotopic (exact) mass is 250 g/mol. The van der Waals surface area contributed by atoms with E-state index in [2.05, 4.69) is 0 Å². The van der Waals surface area contributed by atoms with Crippen LogP contribution in [0, 0.1) is 5.92 Å². The van der Waals surface area contributed by atoms with Gasteiger partial charge in [-0.25, -0.2) is 0 Å². The lowest BCUT2D eigenvalue weighted by molar-refractivity contribution is -0.137. The standard InChI is InChI=1S/C14H18O2S/c1-11(2)13(14(15)16)17-10-6-9-12-7-4-3-5-8-12/h3-9,11,13H,10H2,1-2H3,(H,15,16)/b9-6+. The fourth-order valence-electron chi connectivity index (χ4n) is 1.46. The van der Waals surface area contributed by atoms with Crippen molar-refractivity contribution in [1.29, 1.82) is 0 Å². The van der Waals surface area contributed by atoms with E-state index in [-0.39, 0.29) is 11.2 Å². The Balaban J connectivity index is 2.41. The molecular formula is C14H18O2S. The molecule has 0 aliphatic rings. The molecule has 0 amide bonds. The van der Waals surface area contributed by atoms with Crippen LogP contribution in [0.4, 0.5) is 0 Å². The Morgan fingerprint density at radius 1 is 1.35 bits per heavy atom. The molecular weight excluding hydrogens is 232 g/mol. The summed E-state index contributed by atoms with van der Waals surface area (Å²) in [5.41, 5.74) is 1.14. The van der Waals surface area contributed by atoms with E-state index in [1.54, 1.807) is 0 Å². The average molecular weight is 250 g/mol. The van der Waals surface area contributed by atoms with E-state index in [4.69, 9.17) is 5.11 Å². The van der Waals surface area contributed by atoms with Gasteiger partial charge in [0.2, 0.25) is 0 Å². The Morgan fingerprint density at radius 2 is 2.00 bits per heavy atom. The smallest absolute Gasteiger partial charge is 0.316 e. The van der Waals surface area contributed by atoms with Crippen LogP contribution >= 0.6 is 11.8 Å². The Kier molecular flexibility index (Phi) is 5.84. The molecule has 1 atom stereocenters. The van der Waals surface area contributed by atoms with Crippen molar-refractivity contribution < 1.29 is 9.90 Å². The van der Waals surface area contributed by atoms with E-state index >= 15 is 0 Å². The number of carbonyl (C=O) groups is 1. The van der Waals surface area contributed by atoms with Gasteiger partial charge in [0.1, 0.15) is 5.25 Å². The molecule has 0 saturated heterocycles. The second kappa shape index (κ2) is 7.17. The molecule has 92 valence electrons. The van der Waals surface area contributed by atoms with E-state index in [1.807, 2.05) is 56.3 Å². The topological polar surface area (TPSA) is 37.3 Å². The maximum Gasteiger partial charge on any atom is 0.316 e. The molecule has 0 heterocycles. The zero-order chi connectivity index (χ0) is 12.7. The lowest BCUT2D eigenvalue weighted by atomic mass is 10.1. The first-order valence-corrected chi connectivity index (χ1v) is 6.72. The lowest BCUT2D eigenvalue weighted by Gasteiger charge is -2.14. The molecule has 0 bridgehead atoms. The van der Waals surface area contributed by atoms with Gasteiger partial charge in [0, 0.05) is 5.75 Å². The Bertz CT molecular complexity index is 371. The highest BCUT2D eigenvalue weighted by molar-refractivity contribution is 8.00. The molecule has 0 aliphatic heterocycles. The summed E-state index contributed by atoms with van der Waals surface area (Å²) in [7, 11) is 0. The second-order valence-electron chi connectivity index (χ2n) is 4.15. The van der Waals surface area contributed by atoms with Crippen molar-refractivity contribution in [2.45, 2.75) is 19.1 Å². The van der Waals surface area contributed by atoms with Crippen LogP contribution in [0.25, 0.3) is 6.08 Å². The third kappa shape index (κ3) is 5.09. The van der Waals surface area contributed by atoms with Gasteiger partial charge in [0.15, 0.2) is 0 Å². The highest BCUT2D eigenvalue weighted by Gasteiger charge is 2.20. The molecule has 3 heteroatoms. The number of carboxylic acid groups (broad SMARTS) is 1. The maximum absolute atomic E-state index is 11.0. The first-order chi connectivity index (χ1) is 8.11. The van der Waals surface area contributed by atoms with Gasteiger partial charge in [-0.2, -0.15) is 0 Å². The van der Waals surface area contributed by atoms with E-state index in [0.29, 0.717) is 0 Å². The summed E-state index contributed by atoms with van der Waals surface area (Å²) in [5.74, 6) is 0.157. The Hall–Kier alpha value is -1.22. The Morgan fingerprint density at radius 3 is 2.53 bits per heavy atom. The summed E-state index contributed by atoms with van der Waals surface area (Å²) in [6.07, 6.45) is 4.03. The number of hydrogen-bond acceptors (Lipinski definition) is 2. The van der Waals surface area contributed by atoms with Gasteiger partial charge in [-0.05, 0) is 11.5 Å². The largest absolute Gasteiger partial charge is 0.480 e. The molecule has 0 aromatic heterocycles. The van der Waals surface area contributed by atoms with Crippen LogP contribution in [-0.4, -0.2) is 22.1 Å². The van der Waals surface area contributed by atoms with Gasteiger partial charge in [-0.1, -0.05) is 56.3 Å². The molecule has 0 saturated carbocycles. The Labute approximate surface area is 107 Å². The van der Waals surface area contributed by atoms with Gasteiger partial charge in [0.05, 0.1) is 0 Å². The highest BCUT2D eigenvalue weighted by Crippen LogP contribution is 2.20. The van der Waals surface area contributed by atoms with Gasteiger partial charge >= 0.3 is 5.97 Å². The minimum Gasteiger partial charge on any atom is -0.480 e. The summed E-state index contributed by atoms with van der Waals surface area (Å²) in [6.45, 7) is 3.87. The number of thioether (sulfide) groups is 1. The van der Waals surface area contributed by atoms with Crippen LogP contribution in [0.1, 0.15) is 19.4 Å². The van der Waals surface area contributed by atoms with Crippen LogP contribution < -0.4 is 0 Å².